The van der Waals surface area contributed by atoms with E-state index in [4.69, 9.17) is 0 Å². The van der Waals surface area contributed by atoms with E-state index in [0.717, 1.165) is 18.5 Å². The number of rotatable bonds is 0. The lowest BCUT2D eigenvalue weighted by Gasteiger charge is -2.05. The number of allylic oxidation sites excluding steroid dienone is 3. The molecule has 0 saturated heterocycles. The summed E-state index contributed by atoms with van der Waals surface area (Å²) in [5.74, 6) is 0.150. The zero-order valence-corrected chi connectivity index (χ0v) is 5.68. The van der Waals surface area contributed by atoms with Crippen LogP contribution in [0.15, 0.2) is 23.4 Å². The predicted octanol–water partition coefficient (Wildman–Crippen LogP) is 1.11. The van der Waals surface area contributed by atoms with Gasteiger partial charge < -0.3 is 5.32 Å². The summed E-state index contributed by atoms with van der Waals surface area (Å²) < 4.78 is 0. The molecule has 1 aliphatic carbocycles. The second-order valence-corrected chi connectivity index (χ2v) is 2.67. The number of hydrogen-bond acceptors (Lipinski definition) is 1. The van der Waals surface area contributed by atoms with Gasteiger partial charge in [0.1, 0.15) is 0 Å². The van der Waals surface area contributed by atoms with Gasteiger partial charge in [0.25, 0.3) is 0 Å². The van der Waals surface area contributed by atoms with E-state index in [1.54, 1.807) is 0 Å². The van der Waals surface area contributed by atoms with E-state index < -0.39 is 0 Å². The number of carbonyl (C=O) groups excluding carboxylic acids is 1. The number of carbonyl (C=O) groups is 1. The van der Waals surface area contributed by atoms with Crippen molar-refractivity contribution in [1.29, 1.82) is 0 Å². The Labute approximate surface area is 59.6 Å². The lowest BCUT2D eigenvalue weighted by atomic mass is 10.0. The normalized spacial score (nSPS) is 23.0. The van der Waals surface area contributed by atoms with Crippen molar-refractivity contribution >= 4 is 5.91 Å². The van der Waals surface area contributed by atoms with Gasteiger partial charge in [-0.3, -0.25) is 4.79 Å². The summed E-state index contributed by atoms with van der Waals surface area (Å²) in [6.45, 7) is 0. The van der Waals surface area contributed by atoms with Crippen LogP contribution in [0.3, 0.4) is 0 Å². The van der Waals surface area contributed by atoms with E-state index in [-0.39, 0.29) is 5.91 Å². The van der Waals surface area contributed by atoms with Crippen LogP contribution in [0.5, 0.6) is 0 Å². The molecule has 0 saturated carbocycles. The minimum absolute atomic E-state index is 0.150. The van der Waals surface area contributed by atoms with Crippen LogP contribution in [0.1, 0.15) is 19.3 Å². The molecule has 2 nitrogen and oxygen atoms in total. The quantitative estimate of drug-likeness (QED) is 0.529. The van der Waals surface area contributed by atoms with Crippen LogP contribution in [0.4, 0.5) is 0 Å². The third-order valence-corrected chi connectivity index (χ3v) is 1.91. The highest BCUT2D eigenvalue weighted by molar-refractivity contribution is 5.85. The van der Waals surface area contributed by atoms with E-state index in [1.165, 1.54) is 5.57 Å². The van der Waals surface area contributed by atoms with Crippen LogP contribution in [0.25, 0.3) is 0 Å². The first-order valence-corrected chi connectivity index (χ1v) is 3.55. The largest absolute Gasteiger partial charge is 0.329 e. The summed E-state index contributed by atoms with van der Waals surface area (Å²) in [7, 11) is 0. The zero-order chi connectivity index (χ0) is 6.97. The van der Waals surface area contributed by atoms with E-state index in [0.29, 0.717) is 6.42 Å². The summed E-state index contributed by atoms with van der Waals surface area (Å²) in [6.07, 6.45) is 6.85. The van der Waals surface area contributed by atoms with Gasteiger partial charge in [0.05, 0.1) is 6.42 Å². The Kier molecular flexibility index (Phi) is 1.13. The van der Waals surface area contributed by atoms with Crippen LogP contribution < -0.4 is 5.32 Å². The van der Waals surface area contributed by atoms with Crippen molar-refractivity contribution in [2.45, 2.75) is 19.3 Å². The number of hydrogen-bond donors (Lipinski definition) is 1. The average Bonchev–Trinajstić information content (AvgIpc) is 2.27. The first-order chi connectivity index (χ1) is 4.86. The van der Waals surface area contributed by atoms with Gasteiger partial charge in [-0.1, -0.05) is 12.2 Å². The second-order valence-electron chi connectivity index (χ2n) is 2.67. The standard InChI is InChI=1S/C8H9NO/c10-8-5-6-3-1-2-4-7(6)9-8/h1,3H,2,4-5H2,(H,9,10). The fourth-order valence-corrected chi connectivity index (χ4v) is 1.41. The summed E-state index contributed by atoms with van der Waals surface area (Å²) in [5, 5.41) is 2.85. The fraction of sp³-hybridized carbons (Fsp3) is 0.375. The van der Waals surface area contributed by atoms with Crippen molar-refractivity contribution in [3.63, 3.8) is 0 Å². The first-order valence-electron chi connectivity index (χ1n) is 3.55. The second kappa shape index (κ2) is 1.97. The van der Waals surface area contributed by atoms with Crippen molar-refractivity contribution in [3.05, 3.63) is 23.4 Å². The molecule has 52 valence electrons. The molecular formula is C8H9NO. The smallest absolute Gasteiger partial charge is 0.228 e. The SMILES string of the molecule is O=C1CC2=C(CCC=C2)N1. The Hall–Kier alpha value is -1.05. The topological polar surface area (TPSA) is 29.1 Å². The van der Waals surface area contributed by atoms with Gasteiger partial charge in [0, 0.05) is 5.70 Å². The maximum atomic E-state index is 10.8. The molecule has 0 fully saturated rings. The van der Waals surface area contributed by atoms with Crippen LogP contribution in [0, 0.1) is 0 Å². The third-order valence-electron chi connectivity index (χ3n) is 1.91. The maximum Gasteiger partial charge on any atom is 0.228 e. The molecule has 1 N–H and O–H groups in total. The molecule has 10 heavy (non-hydrogen) atoms. The lowest BCUT2D eigenvalue weighted by Crippen LogP contribution is -2.14. The molecule has 0 spiro atoms. The molecule has 0 atom stereocenters. The summed E-state index contributed by atoms with van der Waals surface area (Å²) in [4.78, 5) is 10.8. The van der Waals surface area contributed by atoms with Crippen LogP contribution in [-0.2, 0) is 4.79 Å². The predicted molar refractivity (Wildman–Crippen MR) is 38.2 cm³/mol. The van der Waals surface area contributed by atoms with Crippen molar-refractivity contribution in [2.24, 2.45) is 0 Å². The Bertz CT molecular complexity index is 238. The summed E-state index contributed by atoms with van der Waals surface area (Å²) in [6, 6.07) is 0. The molecule has 1 aliphatic heterocycles. The van der Waals surface area contributed by atoms with Crippen molar-refractivity contribution in [1.82, 2.24) is 5.32 Å². The Morgan fingerprint density at radius 3 is 3.20 bits per heavy atom. The van der Waals surface area contributed by atoms with E-state index in [9.17, 15) is 4.79 Å². The summed E-state index contributed by atoms with van der Waals surface area (Å²) >= 11 is 0. The van der Waals surface area contributed by atoms with Gasteiger partial charge in [-0.05, 0) is 18.4 Å². The third kappa shape index (κ3) is 0.764. The molecule has 0 aromatic rings. The molecule has 2 aliphatic rings. The fourth-order valence-electron chi connectivity index (χ4n) is 1.41. The van der Waals surface area contributed by atoms with E-state index >= 15 is 0 Å². The Morgan fingerprint density at radius 1 is 1.50 bits per heavy atom. The molecule has 0 unspecified atom stereocenters. The van der Waals surface area contributed by atoms with Crippen LogP contribution in [-0.4, -0.2) is 5.91 Å². The number of amides is 1. The zero-order valence-electron chi connectivity index (χ0n) is 5.68. The molecule has 0 bridgehead atoms. The number of nitrogens with one attached hydrogen (secondary N) is 1. The Balaban J connectivity index is 2.29. The minimum atomic E-state index is 0.150. The Morgan fingerprint density at radius 2 is 2.40 bits per heavy atom. The van der Waals surface area contributed by atoms with Gasteiger partial charge in [-0.2, -0.15) is 0 Å². The molecule has 1 amide bonds. The first kappa shape index (κ1) is 5.71. The molecule has 0 aromatic carbocycles. The summed E-state index contributed by atoms with van der Waals surface area (Å²) in [5.41, 5.74) is 2.34. The highest BCUT2D eigenvalue weighted by Crippen LogP contribution is 2.23. The molecule has 1 heterocycles. The monoisotopic (exact) mass is 135 g/mol. The van der Waals surface area contributed by atoms with Gasteiger partial charge in [-0.15, -0.1) is 0 Å². The molecular weight excluding hydrogens is 126 g/mol. The molecule has 2 heteroatoms. The highest BCUT2D eigenvalue weighted by atomic mass is 16.1. The van der Waals surface area contributed by atoms with E-state index in [2.05, 4.69) is 17.5 Å². The molecule has 2 rings (SSSR count). The molecule has 0 aromatic heterocycles. The van der Waals surface area contributed by atoms with Gasteiger partial charge in [-0.25, -0.2) is 0 Å². The van der Waals surface area contributed by atoms with Gasteiger partial charge in [0.2, 0.25) is 5.91 Å². The van der Waals surface area contributed by atoms with Crippen LogP contribution >= 0.6 is 0 Å². The van der Waals surface area contributed by atoms with E-state index in [1.807, 2.05) is 0 Å². The van der Waals surface area contributed by atoms with Crippen molar-refractivity contribution < 1.29 is 4.79 Å². The minimum Gasteiger partial charge on any atom is -0.329 e. The van der Waals surface area contributed by atoms with Crippen molar-refractivity contribution in [2.75, 3.05) is 0 Å². The molecule has 0 radical (unpaired) electrons. The van der Waals surface area contributed by atoms with Gasteiger partial charge >= 0.3 is 0 Å². The highest BCUT2D eigenvalue weighted by Gasteiger charge is 2.19. The van der Waals surface area contributed by atoms with Gasteiger partial charge in [0.15, 0.2) is 0 Å². The lowest BCUT2D eigenvalue weighted by molar-refractivity contribution is -0.118. The van der Waals surface area contributed by atoms with Crippen molar-refractivity contribution in [3.8, 4) is 0 Å². The van der Waals surface area contributed by atoms with Crippen LogP contribution in [0.2, 0.25) is 0 Å². The average molecular weight is 135 g/mol. The maximum absolute atomic E-state index is 10.8.